The molecule has 3 rings (SSSR count). The van der Waals surface area contributed by atoms with Crippen molar-refractivity contribution in [3.63, 3.8) is 0 Å². The maximum atomic E-state index is 12.6. The van der Waals surface area contributed by atoms with Gasteiger partial charge in [-0.15, -0.1) is 11.3 Å². The Bertz CT molecular complexity index is 674. The van der Waals surface area contributed by atoms with Crippen LogP contribution in [0.3, 0.4) is 0 Å². The topological polar surface area (TPSA) is 48.5 Å². The smallest absolute Gasteiger partial charge is 0.234 e. The summed E-state index contributed by atoms with van der Waals surface area (Å²) < 4.78 is 0. The van der Waals surface area contributed by atoms with Crippen molar-refractivity contribution in [2.45, 2.75) is 26.3 Å². The second-order valence-corrected chi connectivity index (χ2v) is 8.00. The van der Waals surface area contributed by atoms with Crippen molar-refractivity contribution >= 4 is 22.4 Å². The second kappa shape index (κ2) is 9.14. The standard InChI is InChI=1S/C20H28N4OS/c1-16(2)19(17-7-4-3-5-8-17)22-18(25)15-23-10-6-11-24(13-12-23)20-21-9-14-26-20/h3-5,7-9,14,16,19H,6,10-13,15H2,1-2H3,(H,22,25)/t19-/m1/s1. The molecule has 0 spiro atoms. The number of nitrogens with one attached hydrogen (secondary N) is 1. The van der Waals surface area contributed by atoms with Gasteiger partial charge >= 0.3 is 0 Å². The van der Waals surface area contributed by atoms with E-state index in [0.29, 0.717) is 12.5 Å². The van der Waals surface area contributed by atoms with E-state index in [1.165, 1.54) is 5.56 Å². The zero-order valence-electron chi connectivity index (χ0n) is 15.6. The van der Waals surface area contributed by atoms with Gasteiger partial charge in [0.1, 0.15) is 0 Å². The van der Waals surface area contributed by atoms with Gasteiger partial charge in [0.05, 0.1) is 12.6 Å². The molecule has 26 heavy (non-hydrogen) atoms. The maximum Gasteiger partial charge on any atom is 0.234 e. The van der Waals surface area contributed by atoms with Crippen LogP contribution >= 0.6 is 11.3 Å². The number of anilines is 1. The Labute approximate surface area is 160 Å². The van der Waals surface area contributed by atoms with E-state index in [-0.39, 0.29) is 11.9 Å². The summed E-state index contributed by atoms with van der Waals surface area (Å²) in [7, 11) is 0. The van der Waals surface area contributed by atoms with Gasteiger partial charge in [-0.25, -0.2) is 4.98 Å². The Morgan fingerprint density at radius 3 is 2.69 bits per heavy atom. The van der Waals surface area contributed by atoms with Crippen LogP contribution in [0.25, 0.3) is 0 Å². The molecule has 1 aromatic carbocycles. The lowest BCUT2D eigenvalue weighted by molar-refractivity contribution is -0.123. The van der Waals surface area contributed by atoms with Crippen molar-refractivity contribution in [2.75, 3.05) is 37.6 Å². The second-order valence-electron chi connectivity index (χ2n) is 7.13. The van der Waals surface area contributed by atoms with E-state index in [0.717, 1.165) is 37.7 Å². The third-order valence-corrected chi connectivity index (χ3v) is 5.62. The molecule has 1 N–H and O–H groups in total. The predicted molar refractivity (Wildman–Crippen MR) is 108 cm³/mol. The summed E-state index contributed by atoms with van der Waals surface area (Å²) >= 11 is 1.68. The van der Waals surface area contributed by atoms with Crippen molar-refractivity contribution in [2.24, 2.45) is 5.92 Å². The van der Waals surface area contributed by atoms with Gasteiger partial charge in [0.15, 0.2) is 5.13 Å². The van der Waals surface area contributed by atoms with Gasteiger partial charge in [-0.2, -0.15) is 0 Å². The van der Waals surface area contributed by atoms with Gasteiger partial charge in [-0.1, -0.05) is 44.2 Å². The zero-order valence-corrected chi connectivity index (χ0v) is 16.4. The highest BCUT2D eigenvalue weighted by Gasteiger charge is 2.22. The Morgan fingerprint density at radius 1 is 1.19 bits per heavy atom. The first-order valence-corrected chi connectivity index (χ1v) is 10.2. The molecule has 0 aliphatic carbocycles. The van der Waals surface area contributed by atoms with Gasteiger partial charge in [0.2, 0.25) is 5.91 Å². The molecule has 0 bridgehead atoms. The number of amides is 1. The number of carbonyl (C=O) groups excluding carboxylic acids is 1. The van der Waals surface area contributed by atoms with E-state index in [4.69, 9.17) is 0 Å². The van der Waals surface area contributed by atoms with E-state index in [1.807, 2.05) is 29.8 Å². The summed E-state index contributed by atoms with van der Waals surface area (Å²) in [5.41, 5.74) is 1.17. The van der Waals surface area contributed by atoms with E-state index in [1.54, 1.807) is 11.3 Å². The van der Waals surface area contributed by atoms with Gasteiger partial charge in [-0.05, 0) is 17.9 Å². The molecule has 0 unspecified atom stereocenters. The fourth-order valence-electron chi connectivity index (χ4n) is 3.41. The number of thiazole rings is 1. The molecule has 1 aromatic heterocycles. The van der Waals surface area contributed by atoms with E-state index in [2.05, 4.69) is 46.1 Å². The number of carbonyl (C=O) groups is 1. The monoisotopic (exact) mass is 372 g/mol. The molecule has 6 heteroatoms. The number of rotatable bonds is 6. The molecule has 1 fully saturated rings. The maximum absolute atomic E-state index is 12.6. The van der Waals surface area contributed by atoms with Crippen LogP contribution in [0.1, 0.15) is 31.9 Å². The molecule has 1 saturated heterocycles. The molecule has 0 saturated carbocycles. The molecule has 140 valence electrons. The number of benzene rings is 1. The molecule has 2 heterocycles. The van der Waals surface area contributed by atoms with Crippen molar-refractivity contribution in [3.05, 3.63) is 47.5 Å². The zero-order chi connectivity index (χ0) is 18.4. The number of aromatic nitrogens is 1. The van der Waals surface area contributed by atoms with Crippen LogP contribution in [0.5, 0.6) is 0 Å². The normalized spacial score (nSPS) is 17.1. The van der Waals surface area contributed by atoms with Gasteiger partial charge in [-0.3, -0.25) is 9.69 Å². The lowest BCUT2D eigenvalue weighted by atomic mass is 9.96. The summed E-state index contributed by atoms with van der Waals surface area (Å²) in [5, 5.41) is 6.33. The Morgan fingerprint density at radius 2 is 2.00 bits per heavy atom. The van der Waals surface area contributed by atoms with E-state index < -0.39 is 0 Å². The molecule has 1 atom stereocenters. The highest BCUT2D eigenvalue weighted by Crippen LogP contribution is 2.22. The molecule has 5 nitrogen and oxygen atoms in total. The summed E-state index contributed by atoms with van der Waals surface area (Å²) in [5.74, 6) is 0.459. The van der Waals surface area contributed by atoms with E-state index >= 15 is 0 Å². The van der Waals surface area contributed by atoms with Crippen molar-refractivity contribution in [3.8, 4) is 0 Å². The third kappa shape index (κ3) is 5.05. The summed E-state index contributed by atoms with van der Waals surface area (Å²) in [4.78, 5) is 21.6. The molecule has 1 aliphatic heterocycles. The van der Waals surface area contributed by atoms with Crippen LogP contribution in [0.4, 0.5) is 5.13 Å². The van der Waals surface area contributed by atoms with Gasteiger partial charge in [0.25, 0.3) is 0 Å². The summed E-state index contributed by atoms with van der Waals surface area (Å²) in [6.07, 6.45) is 2.91. The first-order valence-electron chi connectivity index (χ1n) is 9.34. The number of hydrogen-bond donors (Lipinski definition) is 1. The van der Waals surface area contributed by atoms with Crippen molar-refractivity contribution in [1.29, 1.82) is 0 Å². The minimum absolute atomic E-state index is 0.0579. The Kier molecular flexibility index (Phi) is 6.63. The van der Waals surface area contributed by atoms with Crippen LogP contribution in [-0.4, -0.2) is 48.5 Å². The minimum atomic E-state index is 0.0579. The molecular weight excluding hydrogens is 344 g/mol. The van der Waals surface area contributed by atoms with Gasteiger partial charge < -0.3 is 10.2 Å². The molecule has 0 radical (unpaired) electrons. The highest BCUT2D eigenvalue weighted by molar-refractivity contribution is 7.13. The van der Waals surface area contributed by atoms with Crippen LogP contribution in [0, 0.1) is 5.92 Å². The lowest BCUT2D eigenvalue weighted by Crippen LogP contribution is -2.41. The Hall–Kier alpha value is -1.92. The van der Waals surface area contributed by atoms with Crippen LogP contribution in [-0.2, 0) is 4.79 Å². The third-order valence-electron chi connectivity index (χ3n) is 4.79. The predicted octanol–water partition coefficient (Wildman–Crippen LogP) is 3.17. The quantitative estimate of drug-likeness (QED) is 0.846. The largest absolute Gasteiger partial charge is 0.348 e. The van der Waals surface area contributed by atoms with Crippen LogP contribution in [0.2, 0.25) is 0 Å². The molecule has 1 aliphatic rings. The average molecular weight is 373 g/mol. The summed E-state index contributed by atoms with van der Waals surface area (Å²) in [6, 6.07) is 10.3. The molecular formula is C20H28N4OS. The number of nitrogens with zero attached hydrogens (tertiary/aromatic N) is 3. The molecule has 2 aromatic rings. The fraction of sp³-hybridized carbons (Fsp3) is 0.500. The fourth-order valence-corrected chi connectivity index (χ4v) is 4.11. The van der Waals surface area contributed by atoms with Crippen molar-refractivity contribution in [1.82, 2.24) is 15.2 Å². The lowest BCUT2D eigenvalue weighted by Gasteiger charge is -2.25. The number of hydrogen-bond acceptors (Lipinski definition) is 5. The first kappa shape index (κ1) is 18.9. The van der Waals surface area contributed by atoms with Crippen LogP contribution < -0.4 is 10.2 Å². The highest BCUT2D eigenvalue weighted by atomic mass is 32.1. The average Bonchev–Trinajstić information content (AvgIpc) is 3.08. The van der Waals surface area contributed by atoms with Crippen LogP contribution in [0.15, 0.2) is 41.9 Å². The summed E-state index contributed by atoms with van der Waals surface area (Å²) in [6.45, 7) is 8.53. The first-order chi connectivity index (χ1) is 12.6. The van der Waals surface area contributed by atoms with E-state index in [9.17, 15) is 4.79 Å². The Balaban J connectivity index is 1.54. The SMILES string of the molecule is CC(C)[C@@H](NC(=O)CN1CCCN(c2nccs2)CC1)c1ccccc1. The molecule has 1 amide bonds. The van der Waals surface area contributed by atoms with Crippen molar-refractivity contribution < 1.29 is 4.79 Å². The van der Waals surface area contributed by atoms with Gasteiger partial charge in [0, 0.05) is 37.8 Å². The minimum Gasteiger partial charge on any atom is -0.348 e.